The summed E-state index contributed by atoms with van der Waals surface area (Å²) in [7, 11) is 1.86. The summed E-state index contributed by atoms with van der Waals surface area (Å²) in [4.78, 5) is 16.6. The van der Waals surface area contributed by atoms with E-state index in [1.807, 2.05) is 37.5 Å². The lowest BCUT2D eigenvalue weighted by Crippen LogP contribution is -2.24. The number of halogens is 1. The molecule has 0 fully saturated rings. The standard InChI is InChI=1S/C18H17ClN4O/c1-23-12-15(11-22-23)18-14(3-2-8-20-18)10-21-17(24)9-13-4-6-16(19)7-5-13/h2-8,11-12H,9-10H2,1H3,(H,21,24). The topological polar surface area (TPSA) is 59.8 Å². The monoisotopic (exact) mass is 340 g/mol. The third-order valence-corrected chi connectivity index (χ3v) is 3.88. The molecule has 0 aliphatic heterocycles. The van der Waals surface area contributed by atoms with E-state index in [0.717, 1.165) is 22.4 Å². The summed E-state index contributed by atoms with van der Waals surface area (Å²) >= 11 is 5.85. The van der Waals surface area contributed by atoms with Crippen molar-refractivity contribution in [1.82, 2.24) is 20.1 Å². The lowest BCUT2D eigenvalue weighted by atomic mass is 10.1. The normalized spacial score (nSPS) is 10.6. The Morgan fingerprint density at radius 2 is 2.04 bits per heavy atom. The Hall–Kier alpha value is -2.66. The molecule has 1 amide bonds. The van der Waals surface area contributed by atoms with E-state index >= 15 is 0 Å². The maximum Gasteiger partial charge on any atom is 0.224 e. The number of amides is 1. The van der Waals surface area contributed by atoms with Crippen LogP contribution < -0.4 is 5.32 Å². The minimum Gasteiger partial charge on any atom is -0.352 e. The van der Waals surface area contributed by atoms with E-state index in [1.54, 1.807) is 29.2 Å². The molecule has 24 heavy (non-hydrogen) atoms. The molecular weight excluding hydrogens is 324 g/mol. The molecule has 0 radical (unpaired) electrons. The smallest absolute Gasteiger partial charge is 0.224 e. The van der Waals surface area contributed by atoms with Crippen molar-refractivity contribution in [2.45, 2.75) is 13.0 Å². The molecule has 0 unspecified atom stereocenters. The van der Waals surface area contributed by atoms with Gasteiger partial charge in [0.25, 0.3) is 0 Å². The number of rotatable bonds is 5. The molecule has 1 N–H and O–H groups in total. The highest BCUT2D eigenvalue weighted by molar-refractivity contribution is 6.30. The van der Waals surface area contributed by atoms with Crippen molar-refractivity contribution in [3.8, 4) is 11.3 Å². The third kappa shape index (κ3) is 4.00. The van der Waals surface area contributed by atoms with Crippen LogP contribution in [0.15, 0.2) is 55.0 Å². The second-order valence-electron chi connectivity index (χ2n) is 5.49. The van der Waals surface area contributed by atoms with Crippen LogP contribution >= 0.6 is 11.6 Å². The number of benzene rings is 1. The number of aromatic nitrogens is 3. The van der Waals surface area contributed by atoms with Gasteiger partial charge in [0.15, 0.2) is 0 Å². The van der Waals surface area contributed by atoms with E-state index in [1.165, 1.54) is 0 Å². The van der Waals surface area contributed by atoms with Crippen molar-refractivity contribution in [3.63, 3.8) is 0 Å². The maximum absolute atomic E-state index is 12.1. The lowest BCUT2D eigenvalue weighted by molar-refractivity contribution is -0.120. The van der Waals surface area contributed by atoms with Gasteiger partial charge in [0, 0.05) is 36.6 Å². The fraction of sp³-hybridized carbons (Fsp3) is 0.167. The van der Waals surface area contributed by atoms with E-state index in [-0.39, 0.29) is 5.91 Å². The summed E-state index contributed by atoms with van der Waals surface area (Å²) in [6.45, 7) is 0.421. The minimum atomic E-state index is -0.0432. The Kier molecular flexibility index (Phi) is 4.91. The first-order valence-corrected chi connectivity index (χ1v) is 7.93. The minimum absolute atomic E-state index is 0.0432. The number of hydrogen-bond acceptors (Lipinski definition) is 3. The van der Waals surface area contributed by atoms with Crippen molar-refractivity contribution in [2.75, 3.05) is 0 Å². The van der Waals surface area contributed by atoms with Gasteiger partial charge in [-0.25, -0.2) is 0 Å². The van der Waals surface area contributed by atoms with Crippen LogP contribution in [0.4, 0.5) is 0 Å². The van der Waals surface area contributed by atoms with Crippen LogP contribution in [-0.4, -0.2) is 20.7 Å². The highest BCUT2D eigenvalue weighted by Crippen LogP contribution is 2.20. The summed E-state index contributed by atoms with van der Waals surface area (Å²) < 4.78 is 1.73. The van der Waals surface area contributed by atoms with Gasteiger partial charge in [-0.3, -0.25) is 14.5 Å². The van der Waals surface area contributed by atoms with Crippen molar-refractivity contribution in [1.29, 1.82) is 0 Å². The summed E-state index contributed by atoms with van der Waals surface area (Å²) in [6, 6.07) is 11.1. The highest BCUT2D eigenvalue weighted by Gasteiger charge is 2.10. The van der Waals surface area contributed by atoms with Gasteiger partial charge < -0.3 is 5.32 Å². The molecule has 0 bridgehead atoms. The van der Waals surface area contributed by atoms with Gasteiger partial charge in [-0.2, -0.15) is 5.10 Å². The number of nitrogens with zero attached hydrogens (tertiary/aromatic N) is 3. The maximum atomic E-state index is 12.1. The molecule has 3 rings (SSSR count). The van der Waals surface area contributed by atoms with Gasteiger partial charge in [0.2, 0.25) is 5.91 Å². The predicted octanol–water partition coefficient (Wildman–Crippen LogP) is 2.99. The Balaban J connectivity index is 1.66. The van der Waals surface area contributed by atoms with Crippen LogP contribution in [-0.2, 0) is 24.8 Å². The summed E-state index contributed by atoms with van der Waals surface area (Å²) in [5.41, 5.74) is 3.64. The molecular formula is C18H17ClN4O. The van der Waals surface area contributed by atoms with Gasteiger partial charge in [-0.05, 0) is 29.3 Å². The van der Waals surface area contributed by atoms with Crippen molar-refractivity contribution < 1.29 is 4.79 Å². The molecule has 5 nitrogen and oxygen atoms in total. The van der Waals surface area contributed by atoms with Crippen LogP contribution in [0, 0.1) is 0 Å². The fourth-order valence-electron chi connectivity index (χ4n) is 2.43. The molecule has 0 aliphatic rings. The molecule has 0 atom stereocenters. The van der Waals surface area contributed by atoms with E-state index in [2.05, 4.69) is 15.4 Å². The molecule has 0 saturated heterocycles. The van der Waals surface area contributed by atoms with Crippen LogP contribution in [0.2, 0.25) is 5.02 Å². The molecule has 3 aromatic rings. The zero-order valence-electron chi connectivity index (χ0n) is 13.2. The SMILES string of the molecule is Cn1cc(-c2ncccc2CNC(=O)Cc2ccc(Cl)cc2)cn1. The Morgan fingerprint density at radius 1 is 1.25 bits per heavy atom. The van der Waals surface area contributed by atoms with E-state index in [4.69, 9.17) is 11.6 Å². The van der Waals surface area contributed by atoms with Crippen molar-refractivity contribution >= 4 is 17.5 Å². The van der Waals surface area contributed by atoms with Gasteiger partial charge in [0.1, 0.15) is 0 Å². The average molecular weight is 341 g/mol. The van der Waals surface area contributed by atoms with Crippen LogP contribution in [0.25, 0.3) is 11.3 Å². The third-order valence-electron chi connectivity index (χ3n) is 3.62. The molecule has 2 heterocycles. The Labute approximate surface area is 145 Å². The quantitative estimate of drug-likeness (QED) is 0.776. The second kappa shape index (κ2) is 7.27. The molecule has 6 heteroatoms. The number of carbonyl (C=O) groups excluding carboxylic acids is 1. The average Bonchev–Trinajstić information content (AvgIpc) is 3.02. The molecule has 1 aromatic carbocycles. The number of nitrogens with one attached hydrogen (secondary N) is 1. The zero-order chi connectivity index (χ0) is 16.9. The first-order chi connectivity index (χ1) is 11.6. The van der Waals surface area contributed by atoms with Crippen LogP contribution in [0.1, 0.15) is 11.1 Å². The van der Waals surface area contributed by atoms with Gasteiger partial charge in [-0.1, -0.05) is 29.8 Å². The number of carbonyl (C=O) groups is 1. The predicted molar refractivity (Wildman–Crippen MR) is 93.4 cm³/mol. The molecule has 2 aromatic heterocycles. The van der Waals surface area contributed by atoms with Crippen molar-refractivity contribution in [2.24, 2.45) is 7.05 Å². The van der Waals surface area contributed by atoms with Gasteiger partial charge >= 0.3 is 0 Å². The second-order valence-corrected chi connectivity index (χ2v) is 5.93. The molecule has 122 valence electrons. The summed E-state index contributed by atoms with van der Waals surface area (Å²) in [5.74, 6) is -0.0432. The number of pyridine rings is 1. The lowest BCUT2D eigenvalue weighted by Gasteiger charge is -2.09. The summed E-state index contributed by atoms with van der Waals surface area (Å²) in [6.07, 6.45) is 5.73. The zero-order valence-corrected chi connectivity index (χ0v) is 14.0. The largest absolute Gasteiger partial charge is 0.352 e. The fourth-order valence-corrected chi connectivity index (χ4v) is 2.55. The summed E-state index contributed by atoms with van der Waals surface area (Å²) in [5, 5.41) is 7.77. The van der Waals surface area contributed by atoms with E-state index < -0.39 is 0 Å². The van der Waals surface area contributed by atoms with Crippen LogP contribution in [0.5, 0.6) is 0 Å². The number of aryl methyl sites for hydroxylation is 1. The Morgan fingerprint density at radius 3 is 2.75 bits per heavy atom. The molecule has 0 aliphatic carbocycles. The molecule has 0 saturated carbocycles. The number of hydrogen-bond donors (Lipinski definition) is 1. The van der Waals surface area contributed by atoms with E-state index in [0.29, 0.717) is 18.0 Å². The van der Waals surface area contributed by atoms with Gasteiger partial charge in [-0.15, -0.1) is 0 Å². The molecule has 0 spiro atoms. The highest BCUT2D eigenvalue weighted by atomic mass is 35.5. The van der Waals surface area contributed by atoms with Crippen molar-refractivity contribution in [3.05, 3.63) is 71.1 Å². The van der Waals surface area contributed by atoms with E-state index in [9.17, 15) is 4.79 Å². The van der Waals surface area contributed by atoms with Gasteiger partial charge in [0.05, 0.1) is 18.3 Å². The first-order valence-electron chi connectivity index (χ1n) is 7.56. The van der Waals surface area contributed by atoms with Crippen LogP contribution in [0.3, 0.4) is 0 Å². The first kappa shape index (κ1) is 16.2. The Bertz CT molecular complexity index is 842.